The third kappa shape index (κ3) is 3.95. The van der Waals surface area contributed by atoms with Crippen molar-refractivity contribution in [2.45, 2.75) is 51.5 Å². The molecule has 0 aromatic heterocycles. The molecule has 2 atom stereocenters. The second kappa shape index (κ2) is 8.41. The topological polar surface area (TPSA) is 44.3 Å². The van der Waals surface area contributed by atoms with Gasteiger partial charge in [0.15, 0.2) is 0 Å². The van der Waals surface area contributed by atoms with Crippen molar-refractivity contribution in [3.05, 3.63) is 51.7 Å². The molecule has 136 valence electrons. The van der Waals surface area contributed by atoms with Crippen LogP contribution in [0.5, 0.6) is 5.75 Å². The van der Waals surface area contributed by atoms with Gasteiger partial charge in [0, 0.05) is 16.6 Å². The monoisotopic (exact) mass is 404 g/mol. The van der Waals surface area contributed by atoms with Crippen molar-refractivity contribution in [3.8, 4) is 5.75 Å². The first-order chi connectivity index (χ1) is 12.2. The normalized spacial score (nSPS) is 25.9. The molecule has 2 unspecified atom stereocenters. The van der Waals surface area contributed by atoms with E-state index in [0.717, 1.165) is 30.4 Å². The van der Waals surface area contributed by atoms with Crippen LogP contribution < -0.4 is 10.6 Å². The summed E-state index contributed by atoms with van der Waals surface area (Å²) >= 11 is 3.61. The predicted molar refractivity (Wildman–Crippen MR) is 108 cm³/mol. The average Bonchev–Trinajstić information content (AvgIpc) is 2.80. The summed E-state index contributed by atoms with van der Waals surface area (Å²) in [5.41, 5.74) is 4.24. The molecule has 4 rings (SSSR count). The Morgan fingerprint density at radius 1 is 1.12 bits per heavy atom. The molecule has 3 N–H and O–H groups in total. The Hall–Kier alpha value is -1.26. The molecule has 25 heavy (non-hydrogen) atoms. The Morgan fingerprint density at radius 2 is 1.88 bits per heavy atom. The Labute approximate surface area is 159 Å². The maximum absolute atomic E-state index is 9.92. The number of allylic oxidation sites excluding steroid dienone is 2. The molecule has 1 saturated heterocycles. The van der Waals surface area contributed by atoms with E-state index in [-0.39, 0.29) is 0 Å². The highest BCUT2D eigenvalue weighted by Gasteiger charge is 2.37. The van der Waals surface area contributed by atoms with Crippen molar-refractivity contribution in [2.75, 3.05) is 13.1 Å². The van der Waals surface area contributed by atoms with Gasteiger partial charge in [0.2, 0.25) is 0 Å². The lowest BCUT2D eigenvalue weighted by Crippen LogP contribution is -2.41. The van der Waals surface area contributed by atoms with Gasteiger partial charge in [-0.05, 0) is 95.5 Å². The van der Waals surface area contributed by atoms with E-state index in [2.05, 4.69) is 44.9 Å². The number of aryl methyl sites for hydroxylation is 1. The van der Waals surface area contributed by atoms with Gasteiger partial charge in [0.05, 0.1) is 6.04 Å². The van der Waals surface area contributed by atoms with E-state index in [4.69, 9.17) is 0 Å². The van der Waals surface area contributed by atoms with Crippen LogP contribution in [0, 0.1) is 5.92 Å². The number of rotatable bonds is 1. The van der Waals surface area contributed by atoms with Gasteiger partial charge in [0.1, 0.15) is 5.75 Å². The van der Waals surface area contributed by atoms with Crippen LogP contribution in [0.25, 0.3) is 0 Å². The number of phenols is 1. The molecular formula is C21H29BrN2O. The summed E-state index contributed by atoms with van der Waals surface area (Å²) in [5.74, 6) is 1.56. The quantitative estimate of drug-likeness (QED) is 0.641. The molecule has 0 spiro atoms. The van der Waals surface area contributed by atoms with Gasteiger partial charge in [-0.15, -0.1) is 0 Å². The number of phenolic OH excluding ortho intramolecular Hbond substituents is 1. The van der Waals surface area contributed by atoms with Crippen molar-refractivity contribution in [1.82, 2.24) is 10.6 Å². The summed E-state index contributed by atoms with van der Waals surface area (Å²) in [6.45, 7) is 6.22. The fourth-order valence-corrected chi connectivity index (χ4v) is 4.90. The second-order valence-corrected chi connectivity index (χ2v) is 7.80. The number of halogens is 1. The first-order valence-corrected chi connectivity index (χ1v) is 10.4. The second-order valence-electron chi connectivity index (χ2n) is 6.89. The van der Waals surface area contributed by atoms with Crippen LogP contribution in [-0.2, 0) is 6.42 Å². The summed E-state index contributed by atoms with van der Waals surface area (Å²) in [5, 5.41) is 17.1. The average molecular weight is 405 g/mol. The fraction of sp³-hybridized carbons (Fsp3) is 0.524. The summed E-state index contributed by atoms with van der Waals surface area (Å²) < 4.78 is 1.13. The molecule has 3 nitrogen and oxygen atoms in total. The zero-order valence-electron chi connectivity index (χ0n) is 15.2. The third-order valence-corrected chi connectivity index (χ3v) is 6.00. The number of benzene rings is 1. The van der Waals surface area contributed by atoms with E-state index in [1.54, 1.807) is 0 Å². The van der Waals surface area contributed by atoms with Crippen LogP contribution in [0.1, 0.15) is 50.2 Å². The summed E-state index contributed by atoms with van der Waals surface area (Å²) in [7, 11) is 0. The Bertz CT molecular complexity index is 662. The van der Waals surface area contributed by atoms with Crippen molar-refractivity contribution in [3.63, 3.8) is 0 Å². The van der Waals surface area contributed by atoms with E-state index in [1.807, 2.05) is 26.0 Å². The maximum Gasteiger partial charge on any atom is 0.115 e. The van der Waals surface area contributed by atoms with Crippen molar-refractivity contribution in [2.24, 2.45) is 5.92 Å². The van der Waals surface area contributed by atoms with Crippen LogP contribution in [0.15, 0.2) is 40.5 Å². The van der Waals surface area contributed by atoms with Gasteiger partial charge < -0.3 is 15.7 Å². The van der Waals surface area contributed by atoms with Crippen LogP contribution in [0.2, 0.25) is 0 Å². The highest BCUT2D eigenvalue weighted by atomic mass is 79.9. The van der Waals surface area contributed by atoms with Crippen molar-refractivity contribution in [1.29, 1.82) is 0 Å². The van der Waals surface area contributed by atoms with Crippen LogP contribution >= 0.6 is 15.9 Å². The molecule has 0 bridgehead atoms. The summed E-state index contributed by atoms with van der Waals surface area (Å²) in [6, 6.07) is 6.38. The molecule has 0 saturated carbocycles. The zero-order valence-corrected chi connectivity index (χ0v) is 16.8. The van der Waals surface area contributed by atoms with Crippen LogP contribution in [0.3, 0.4) is 0 Å². The molecule has 2 heterocycles. The van der Waals surface area contributed by atoms with Gasteiger partial charge in [-0.25, -0.2) is 0 Å². The molecule has 0 amide bonds. The number of nitrogens with one attached hydrogen (secondary N) is 2. The number of dihydropyridines is 1. The van der Waals surface area contributed by atoms with Gasteiger partial charge in [-0.1, -0.05) is 19.9 Å². The molecule has 1 aliphatic carbocycles. The van der Waals surface area contributed by atoms with Gasteiger partial charge in [-0.3, -0.25) is 0 Å². The molecule has 3 aliphatic rings. The van der Waals surface area contributed by atoms with Gasteiger partial charge in [-0.2, -0.15) is 0 Å². The molecule has 1 aromatic rings. The standard InChI is InChI=1S/C19H23BrN2O.C2H6/c20-15-9-14-2-1-13-10-16(23)3-4-17(13)18(19(14)22-11-15)12-5-7-21-8-6-12;1-2/h3-4,9-12,18-19,21-23H,1-2,5-8H2;1-2H3. The smallest absolute Gasteiger partial charge is 0.115 e. The first-order valence-electron chi connectivity index (χ1n) is 9.57. The van der Waals surface area contributed by atoms with Crippen LogP contribution in [-0.4, -0.2) is 24.2 Å². The van der Waals surface area contributed by atoms with Gasteiger partial charge in [0.25, 0.3) is 0 Å². The molecule has 1 aromatic carbocycles. The number of hydrogen-bond acceptors (Lipinski definition) is 3. The third-order valence-electron chi connectivity index (χ3n) is 5.54. The van der Waals surface area contributed by atoms with E-state index >= 15 is 0 Å². The number of hydrogen-bond donors (Lipinski definition) is 3. The molecule has 4 heteroatoms. The minimum absolute atomic E-state index is 0.380. The highest BCUT2D eigenvalue weighted by molar-refractivity contribution is 9.11. The first kappa shape index (κ1) is 18.5. The largest absolute Gasteiger partial charge is 0.508 e. The molecule has 1 fully saturated rings. The lowest BCUT2D eigenvalue weighted by molar-refractivity contribution is 0.288. The molecular weight excluding hydrogens is 376 g/mol. The molecule has 0 radical (unpaired) electrons. The lowest BCUT2D eigenvalue weighted by atomic mass is 9.73. The van der Waals surface area contributed by atoms with Crippen molar-refractivity contribution >= 4 is 15.9 Å². The summed E-state index contributed by atoms with van der Waals surface area (Å²) in [4.78, 5) is 0. The fourth-order valence-electron chi connectivity index (χ4n) is 4.47. The van der Waals surface area contributed by atoms with E-state index < -0.39 is 0 Å². The van der Waals surface area contributed by atoms with Crippen molar-refractivity contribution < 1.29 is 5.11 Å². The SMILES string of the molecule is CC.Oc1ccc2c(c1)CCC1=CC(Br)=CNC1C2C1CCNCC1. The van der Waals surface area contributed by atoms with Gasteiger partial charge >= 0.3 is 0 Å². The molecule has 2 aliphatic heterocycles. The number of aromatic hydroxyl groups is 1. The Morgan fingerprint density at radius 3 is 2.64 bits per heavy atom. The van der Waals surface area contributed by atoms with Crippen LogP contribution in [0.4, 0.5) is 0 Å². The summed E-state index contributed by atoms with van der Waals surface area (Å²) in [6.07, 6.45) is 8.89. The zero-order chi connectivity index (χ0) is 17.8. The predicted octanol–water partition coefficient (Wildman–Crippen LogP) is 4.58. The highest BCUT2D eigenvalue weighted by Crippen LogP contribution is 2.43. The minimum atomic E-state index is 0.380. The number of piperidine rings is 1. The Balaban J connectivity index is 0.000000880. The van der Waals surface area contributed by atoms with E-state index in [0.29, 0.717) is 23.6 Å². The maximum atomic E-state index is 9.92. The lowest BCUT2D eigenvalue weighted by Gasteiger charge is -2.38. The Kier molecular flexibility index (Phi) is 6.24. The van der Waals surface area contributed by atoms with E-state index in [9.17, 15) is 5.11 Å². The minimum Gasteiger partial charge on any atom is -0.508 e. The number of fused-ring (bicyclic) bond motifs is 2. The van der Waals surface area contributed by atoms with E-state index in [1.165, 1.54) is 29.5 Å².